The summed E-state index contributed by atoms with van der Waals surface area (Å²) in [6.07, 6.45) is 3.82. The number of rotatable bonds is 3. The van der Waals surface area contributed by atoms with E-state index in [4.69, 9.17) is 0 Å². The lowest BCUT2D eigenvalue weighted by Crippen LogP contribution is -2.22. The Hall–Kier alpha value is -2.35. The highest BCUT2D eigenvalue weighted by Crippen LogP contribution is 2.28. The summed E-state index contributed by atoms with van der Waals surface area (Å²) < 4.78 is 0. The molecule has 0 atom stereocenters. The minimum Gasteiger partial charge on any atom is -0.318 e. The van der Waals surface area contributed by atoms with Crippen molar-refractivity contribution in [2.24, 2.45) is 4.99 Å². The van der Waals surface area contributed by atoms with Crippen molar-refractivity contribution in [3.8, 4) is 0 Å². The molecule has 2 nitrogen and oxygen atoms in total. The van der Waals surface area contributed by atoms with Crippen LogP contribution >= 0.6 is 0 Å². The van der Waals surface area contributed by atoms with Crippen molar-refractivity contribution in [2.75, 3.05) is 0 Å². The van der Waals surface area contributed by atoms with Crippen LogP contribution in [0.4, 0.5) is 0 Å². The molecule has 1 aliphatic rings. The molecule has 0 fully saturated rings. The number of allylic oxidation sites excluding steroid dienone is 2. The number of benzene rings is 1. The number of nitrogens with zero attached hydrogens (tertiary/aromatic N) is 2. The van der Waals surface area contributed by atoms with Crippen molar-refractivity contribution in [3.05, 3.63) is 72.7 Å². The van der Waals surface area contributed by atoms with Crippen LogP contribution in [0.25, 0.3) is 11.8 Å². The lowest BCUT2D eigenvalue weighted by molar-refractivity contribution is 0.605. The molecule has 0 bridgehead atoms. The molecule has 2 heteroatoms. The maximum atomic E-state index is 4.62. The van der Waals surface area contributed by atoms with Gasteiger partial charge in [-0.3, -0.25) is 0 Å². The third-order valence-corrected chi connectivity index (χ3v) is 3.12. The van der Waals surface area contributed by atoms with Gasteiger partial charge in [-0.2, -0.15) is 0 Å². The molecule has 2 rings (SSSR count). The van der Waals surface area contributed by atoms with Gasteiger partial charge in [0.25, 0.3) is 0 Å². The fraction of sp³-hybridized carbons (Fsp3) is 0.118. The molecule has 19 heavy (non-hydrogen) atoms. The number of hydrogen-bond acceptors (Lipinski definition) is 2. The van der Waals surface area contributed by atoms with Crippen LogP contribution in [0.1, 0.15) is 25.0 Å². The first-order chi connectivity index (χ1) is 9.04. The van der Waals surface area contributed by atoms with Crippen molar-refractivity contribution in [1.82, 2.24) is 4.90 Å². The summed E-state index contributed by atoms with van der Waals surface area (Å²) >= 11 is 0. The van der Waals surface area contributed by atoms with E-state index in [1.165, 1.54) is 0 Å². The maximum absolute atomic E-state index is 4.62. The monoisotopic (exact) mass is 250 g/mol. The molecule has 1 heterocycles. The van der Waals surface area contributed by atoms with E-state index >= 15 is 0 Å². The zero-order chi connectivity index (χ0) is 14.0. The van der Waals surface area contributed by atoms with Gasteiger partial charge in [-0.1, -0.05) is 50.1 Å². The Morgan fingerprint density at radius 2 is 2.00 bits per heavy atom. The van der Waals surface area contributed by atoms with E-state index in [-0.39, 0.29) is 0 Å². The van der Waals surface area contributed by atoms with Gasteiger partial charge in [0.05, 0.1) is 17.1 Å². The van der Waals surface area contributed by atoms with Crippen molar-refractivity contribution >= 4 is 17.5 Å². The third kappa shape index (κ3) is 2.43. The topological polar surface area (TPSA) is 15.6 Å². The van der Waals surface area contributed by atoms with E-state index in [1.54, 1.807) is 0 Å². The first-order valence-electron chi connectivity index (χ1n) is 6.17. The summed E-state index contributed by atoms with van der Waals surface area (Å²) in [5, 5.41) is 0. The lowest BCUT2D eigenvalue weighted by Gasteiger charge is -2.27. The second-order valence-electron chi connectivity index (χ2n) is 4.55. The number of aliphatic imine (C=N–C) groups is 1. The standard InChI is InChI=1S/C17H18N2/c1-6-15-9-7-8-10-16(15)17-11-19(12(2)3)14(5)13(4)18-17/h6-11H,1-2,5H2,3-4H3. The molecule has 0 saturated carbocycles. The quantitative estimate of drug-likeness (QED) is 0.773. The predicted octanol–water partition coefficient (Wildman–Crippen LogP) is 4.45. The van der Waals surface area contributed by atoms with Gasteiger partial charge in [0, 0.05) is 17.5 Å². The van der Waals surface area contributed by atoms with Crippen molar-refractivity contribution in [3.63, 3.8) is 0 Å². The minimum atomic E-state index is 0.868. The SMILES string of the molecule is C=Cc1ccccc1C1=CN(C(=C)C)C(=C)C(C)=N1. The van der Waals surface area contributed by atoms with E-state index in [0.717, 1.165) is 33.9 Å². The molecule has 0 saturated heterocycles. The zero-order valence-corrected chi connectivity index (χ0v) is 11.5. The molecule has 1 aromatic rings. The Balaban J connectivity index is 2.55. The highest BCUT2D eigenvalue weighted by Gasteiger charge is 2.17. The highest BCUT2D eigenvalue weighted by atomic mass is 15.2. The van der Waals surface area contributed by atoms with Gasteiger partial charge in [-0.05, 0) is 19.4 Å². The molecule has 0 amide bonds. The van der Waals surface area contributed by atoms with Gasteiger partial charge in [0.1, 0.15) is 0 Å². The Bertz CT molecular complexity index is 618. The Morgan fingerprint density at radius 3 is 2.63 bits per heavy atom. The Morgan fingerprint density at radius 1 is 1.32 bits per heavy atom. The zero-order valence-electron chi connectivity index (χ0n) is 11.5. The summed E-state index contributed by atoms with van der Waals surface area (Å²) in [6.45, 7) is 15.8. The van der Waals surface area contributed by atoms with E-state index in [9.17, 15) is 0 Å². The predicted molar refractivity (Wildman–Crippen MR) is 83.4 cm³/mol. The third-order valence-electron chi connectivity index (χ3n) is 3.12. The Labute approximate surface area is 114 Å². The van der Waals surface area contributed by atoms with Gasteiger partial charge in [-0.25, -0.2) is 4.99 Å². The van der Waals surface area contributed by atoms with Crippen molar-refractivity contribution in [1.29, 1.82) is 0 Å². The van der Waals surface area contributed by atoms with Gasteiger partial charge < -0.3 is 4.90 Å². The summed E-state index contributed by atoms with van der Waals surface area (Å²) in [7, 11) is 0. The van der Waals surface area contributed by atoms with Crippen LogP contribution in [-0.2, 0) is 0 Å². The summed E-state index contributed by atoms with van der Waals surface area (Å²) in [4.78, 5) is 6.59. The first kappa shape index (κ1) is 13.1. The van der Waals surface area contributed by atoms with Crippen molar-refractivity contribution < 1.29 is 0 Å². The summed E-state index contributed by atoms with van der Waals surface area (Å²) in [5.74, 6) is 0. The van der Waals surface area contributed by atoms with E-state index in [0.29, 0.717) is 0 Å². The molecule has 1 aliphatic heterocycles. The first-order valence-corrected chi connectivity index (χ1v) is 6.17. The fourth-order valence-electron chi connectivity index (χ4n) is 2.03. The van der Waals surface area contributed by atoms with Crippen LogP contribution in [0.2, 0.25) is 0 Å². The van der Waals surface area contributed by atoms with E-state index in [1.807, 2.05) is 55.3 Å². The van der Waals surface area contributed by atoms with E-state index in [2.05, 4.69) is 24.7 Å². The second-order valence-corrected chi connectivity index (χ2v) is 4.55. The smallest absolute Gasteiger partial charge is 0.0877 e. The second kappa shape index (κ2) is 5.11. The normalized spacial score (nSPS) is 14.8. The summed E-state index contributed by atoms with van der Waals surface area (Å²) in [6, 6.07) is 8.07. The molecule has 1 aromatic carbocycles. The van der Waals surface area contributed by atoms with Gasteiger partial charge >= 0.3 is 0 Å². The van der Waals surface area contributed by atoms with Crippen LogP contribution in [0.15, 0.2) is 66.6 Å². The van der Waals surface area contributed by atoms with Gasteiger partial charge in [0.2, 0.25) is 0 Å². The largest absolute Gasteiger partial charge is 0.318 e. The molecule has 96 valence electrons. The van der Waals surface area contributed by atoms with Gasteiger partial charge in [-0.15, -0.1) is 0 Å². The van der Waals surface area contributed by atoms with Crippen LogP contribution in [-0.4, -0.2) is 10.6 Å². The van der Waals surface area contributed by atoms with Crippen LogP contribution in [0.3, 0.4) is 0 Å². The van der Waals surface area contributed by atoms with Crippen molar-refractivity contribution in [2.45, 2.75) is 13.8 Å². The van der Waals surface area contributed by atoms with E-state index < -0.39 is 0 Å². The van der Waals surface area contributed by atoms with Gasteiger partial charge in [0.15, 0.2) is 0 Å². The molecule has 0 radical (unpaired) electrons. The molecule has 0 N–H and O–H groups in total. The molecule has 0 aromatic heterocycles. The van der Waals surface area contributed by atoms with Crippen LogP contribution in [0.5, 0.6) is 0 Å². The average molecular weight is 250 g/mol. The molecular weight excluding hydrogens is 232 g/mol. The lowest BCUT2D eigenvalue weighted by atomic mass is 10.0. The molecule has 0 spiro atoms. The average Bonchev–Trinajstić information content (AvgIpc) is 2.41. The fourth-order valence-corrected chi connectivity index (χ4v) is 2.03. The minimum absolute atomic E-state index is 0.868. The highest BCUT2D eigenvalue weighted by molar-refractivity contribution is 6.02. The van der Waals surface area contributed by atoms with Crippen LogP contribution in [0, 0.1) is 0 Å². The van der Waals surface area contributed by atoms with Crippen LogP contribution < -0.4 is 0 Å². The Kier molecular flexibility index (Phi) is 3.52. The summed E-state index contributed by atoms with van der Waals surface area (Å²) in [5.41, 5.74) is 5.73. The molecular formula is C17H18N2. The number of hydrogen-bond donors (Lipinski definition) is 0. The molecule has 0 unspecified atom stereocenters. The maximum Gasteiger partial charge on any atom is 0.0877 e. The molecule has 0 aliphatic carbocycles.